The van der Waals surface area contributed by atoms with Crippen molar-refractivity contribution in [3.8, 4) is 50.7 Å². The molecule has 11 rings (SSSR count). The van der Waals surface area contributed by atoms with Crippen LogP contribution in [0, 0.1) is 0 Å². The second-order valence-corrected chi connectivity index (χ2v) is 14.8. The topological polar surface area (TPSA) is 30.7 Å². The van der Waals surface area contributed by atoms with Crippen molar-refractivity contribution >= 4 is 64.1 Å². The molecule has 3 nitrogen and oxygen atoms in total. The van der Waals surface area contributed by atoms with Crippen LogP contribution >= 0.6 is 11.3 Å². The molecule has 3 aromatic heterocycles. The van der Waals surface area contributed by atoms with E-state index in [1.54, 1.807) is 0 Å². The lowest BCUT2D eigenvalue weighted by molar-refractivity contribution is 1.18. The number of nitrogens with zero attached hydrogens (tertiary/aromatic N) is 3. The first-order valence-electron chi connectivity index (χ1n) is 18.2. The second-order valence-electron chi connectivity index (χ2n) is 13.8. The van der Waals surface area contributed by atoms with Crippen molar-refractivity contribution in [2.24, 2.45) is 0 Å². The summed E-state index contributed by atoms with van der Waals surface area (Å²) < 4.78 is 4.94. The van der Waals surface area contributed by atoms with Gasteiger partial charge in [-0.15, -0.1) is 11.3 Å². The highest BCUT2D eigenvalue weighted by Crippen LogP contribution is 2.41. The van der Waals surface area contributed by atoms with Crippen molar-refractivity contribution < 1.29 is 0 Å². The van der Waals surface area contributed by atoms with Crippen LogP contribution in [-0.4, -0.2) is 14.5 Å². The van der Waals surface area contributed by atoms with Gasteiger partial charge in [-0.2, -0.15) is 0 Å². The summed E-state index contributed by atoms with van der Waals surface area (Å²) in [7, 11) is 0. The molecule has 252 valence electrons. The van der Waals surface area contributed by atoms with Crippen LogP contribution in [0.4, 0.5) is 0 Å². The van der Waals surface area contributed by atoms with Gasteiger partial charge in [0.1, 0.15) is 0 Å². The lowest BCUT2D eigenvalue weighted by atomic mass is 9.92. The van der Waals surface area contributed by atoms with Crippen molar-refractivity contribution in [1.82, 2.24) is 14.5 Å². The minimum atomic E-state index is 0.715. The highest BCUT2D eigenvalue weighted by atomic mass is 32.1. The van der Waals surface area contributed by atoms with E-state index < -0.39 is 0 Å². The smallest absolute Gasteiger partial charge is 0.160 e. The van der Waals surface area contributed by atoms with E-state index in [1.807, 2.05) is 29.5 Å². The van der Waals surface area contributed by atoms with E-state index in [0.29, 0.717) is 5.82 Å². The first-order chi connectivity index (χ1) is 26.8. The number of hydrogen-bond donors (Lipinski definition) is 0. The van der Waals surface area contributed by atoms with Crippen LogP contribution in [0.15, 0.2) is 188 Å². The van der Waals surface area contributed by atoms with Crippen LogP contribution in [0.25, 0.3) is 103 Å². The van der Waals surface area contributed by atoms with Gasteiger partial charge >= 0.3 is 0 Å². The predicted octanol–water partition coefficient (Wildman–Crippen LogP) is 13.8. The van der Waals surface area contributed by atoms with Crippen molar-refractivity contribution in [3.63, 3.8) is 0 Å². The average molecular weight is 706 g/mol. The summed E-state index contributed by atoms with van der Waals surface area (Å²) in [6.07, 6.45) is 0. The fraction of sp³-hybridized carbons (Fsp3) is 0. The summed E-state index contributed by atoms with van der Waals surface area (Å²) in [4.78, 5) is 10.4. The summed E-state index contributed by atoms with van der Waals surface area (Å²) in [5.41, 5.74) is 10.9. The molecule has 0 radical (unpaired) electrons. The molecule has 0 aliphatic heterocycles. The molecule has 0 N–H and O–H groups in total. The Bertz CT molecular complexity index is 3210. The van der Waals surface area contributed by atoms with Gasteiger partial charge < -0.3 is 4.57 Å². The van der Waals surface area contributed by atoms with Crippen molar-refractivity contribution in [2.45, 2.75) is 0 Å². The standard InChI is InChI=1S/C50H31N3S/c1-3-13-32(14-4-1)50-51-44(34-24-28-49-43(30-34)41-20-10-12-22-48(41)54-49)31-45(52-50)39-26-25-36(37-17-7-8-18-38(37)39)33-23-27-47-42(29-33)40-19-9-11-21-46(40)53(47)35-15-5-2-6-16-35/h1-31H. The van der Waals surface area contributed by atoms with Gasteiger partial charge in [-0.1, -0.05) is 133 Å². The van der Waals surface area contributed by atoms with E-state index >= 15 is 0 Å². The largest absolute Gasteiger partial charge is 0.309 e. The minimum absolute atomic E-state index is 0.715. The molecule has 0 saturated carbocycles. The highest BCUT2D eigenvalue weighted by Gasteiger charge is 2.18. The molecule has 0 spiro atoms. The zero-order valence-electron chi connectivity index (χ0n) is 29.1. The fourth-order valence-electron chi connectivity index (χ4n) is 8.10. The molecular formula is C50H31N3S. The Kier molecular flexibility index (Phi) is 7.04. The molecule has 0 saturated heterocycles. The summed E-state index contributed by atoms with van der Waals surface area (Å²) in [6.45, 7) is 0. The van der Waals surface area contributed by atoms with Gasteiger partial charge in [-0.25, -0.2) is 9.97 Å². The summed E-state index contributed by atoms with van der Waals surface area (Å²) in [5.74, 6) is 0.715. The summed E-state index contributed by atoms with van der Waals surface area (Å²) in [5, 5.41) is 7.37. The van der Waals surface area contributed by atoms with E-state index in [4.69, 9.17) is 9.97 Å². The van der Waals surface area contributed by atoms with Crippen LogP contribution in [0.5, 0.6) is 0 Å². The Morgan fingerprint density at radius 2 is 0.944 bits per heavy atom. The third-order valence-electron chi connectivity index (χ3n) is 10.6. The molecular weight excluding hydrogens is 675 g/mol. The van der Waals surface area contributed by atoms with Crippen LogP contribution in [0.3, 0.4) is 0 Å². The second kappa shape index (κ2) is 12.4. The lowest BCUT2D eigenvalue weighted by Gasteiger charge is -2.14. The molecule has 3 heterocycles. The zero-order valence-corrected chi connectivity index (χ0v) is 30.0. The number of para-hydroxylation sites is 2. The Labute approximate surface area is 316 Å². The van der Waals surface area contributed by atoms with E-state index in [1.165, 1.54) is 58.5 Å². The van der Waals surface area contributed by atoms with Gasteiger partial charge in [0, 0.05) is 53.3 Å². The number of rotatable bonds is 5. The molecule has 0 atom stereocenters. The lowest BCUT2D eigenvalue weighted by Crippen LogP contribution is -1.96. The molecule has 8 aromatic carbocycles. The number of benzene rings is 8. The Balaban J connectivity index is 1.09. The maximum Gasteiger partial charge on any atom is 0.160 e. The van der Waals surface area contributed by atoms with Crippen LogP contribution in [0.1, 0.15) is 0 Å². The van der Waals surface area contributed by atoms with Gasteiger partial charge in [0.15, 0.2) is 5.82 Å². The van der Waals surface area contributed by atoms with Gasteiger partial charge in [-0.05, 0) is 76.5 Å². The number of fused-ring (bicyclic) bond motifs is 7. The minimum Gasteiger partial charge on any atom is -0.309 e. The predicted molar refractivity (Wildman–Crippen MR) is 229 cm³/mol. The van der Waals surface area contributed by atoms with Gasteiger partial charge in [-0.3, -0.25) is 0 Å². The molecule has 0 aliphatic rings. The molecule has 0 amide bonds. The highest BCUT2D eigenvalue weighted by molar-refractivity contribution is 7.25. The summed E-state index contributed by atoms with van der Waals surface area (Å²) in [6, 6.07) is 67.3. The van der Waals surface area contributed by atoms with Gasteiger partial charge in [0.2, 0.25) is 0 Å². The quantitative estimate of drug-likeness (QED) is 0.178. The number of hydrogen-bond acceptors (Lipinski definition) is 3. The molecule has 0 fully saturated rings. The van der Waals surface area contributed by atoms with Crippen molar-refractivity contribution in [2.75, 3.05) is 0 Å². The molecule has 11 aromatic rings. The fourth-order valence-corrected chi connectivity index (χ4v) is 9.19. The zero-order chi connectivity index (χ0) is 35.6. The first kappa shape index (κ1) is 30.7. The Morgan fingerprint density at radius 1 is 0.352 bits per heavy atom. The third kappa shape index (κ3) is 4.96. The van der Waals surface area contributed by atoms with E-state index in [-0.39, 0.29) is 0 Å². The van der Waals surface area contributed by atoms with Crippen molar-refractivity contribution in [3.05, 3.63) is 188 Å². The maximum absolute atomic E-state index is 5.25. The van der Waals surface area contributed by atoms with Gasteiger partial charge in [0.05, 0.1) is 22.4 Å². The molecule has 54 heavy (non-hydrogen) atoms. The average Bonchev–Trinajstić information content (AvgIpc) is 3.79. The molecule has 0 unspecified atom stereocenters. The van der Waals surface area contributed by atoms with Gasteiger partial charge in [0.25, 0.3) is 0 Å². The Hall–Kier alpha value is -6.88. The van der Waals surface area contributed by atoms with E-state index in [2.05, 4.69) is 174 Å². The van der Waals surface area contributed by atoms with E-state index in [0.717, 1.165) is 39.2 Å². The summed E-state index contributed by atoms with van der Waals surface area (Å²) >= 11 is 1.83. The number of aromatic nitrogens is 3. The van der Waals surface area contributed by atoms with E-state index in [9.17, 15) is 0 Å². The third-order valence-corrected chi connectivity index (χ3v) is 11.8. The molecule has 4 heteroatoms. The normalized spacial score (nSPS) is 11.7. The first-order valence-corrected chi connectivity index (χ1v) is 19.1. The molecule has 0 aliphatic carbocycles. The van der Waals surface area contributed by atoms with Crippen LogP contribution < -0.4 is 0 Å². The monoisotopic (exact) mass is 705 g/mol. The maximum atomic E-state index is 5.25. The Morgan fingerprint density at radius 3 is 1.78 bits per heavy atom. The van der Waals surface area contributed by atoms with Crippen LogP contribution in [-0.2, 0) is 0 Å². The SMILES string of the molecule is c1ccc(-c2nc(-c3ccc4sc5ccccc5c4c3)cc(-c3ccc(-c4ccc5c(c4)c4ccccc4n5-c4ccccc4)c4ccccc34)n2)cc1. The molecule has 0 bridgehead atoms. The van der Waals surface area contributed by atoms with Crippen molar-refractivity contribution in [1.29, 1.82) is 0 Å². The number of thiophene rings is 1. The van der Waals surface area contributed by atoms with Crippen LogP contribution in [0.2, 0.25) is 0 Å².